The number of hydrogen-bond donors (Lipinski definition) is 1. The summed E-state index contributed by atoms with van der Waals surface area (Å²) >= 11 is 3.25. The van der Waals surface area contributed by atoms with Gasteiger partial charge in [-0.2, -0.15) is 4.31 Å². The van der Waals surface area contributed by atoms with Crippen molar-refractivity contribution >= 4 is 31.6 Å². The molecule has 7 heteroatoms. The van der Waals surface area contributed by atoms with Crippen LogP contribution in [0.3, 0.4) is 0 Å². The first-order valence-electron chi connectivity index (χ1n) is 5.58. The third kappa shape index (κ3) is 4.04. The molecule has 1 aromatic rings. The number of anilines is 1. The van der Waals surface area contributed by atoms with Gasteiger partial charge in [-0.1, -0.05) is 22.0 Å². The maximum atomic E-state index is 12.5. The van der Waals surface area contributed by atoms with Crippen molar-refractivity contribution in [2.45, 2.75) is 4.90 Å². The van der Waals surface area contributed by atoms with Crippen LogP contribution in [0.2, 0.25) is 0 Å². The molecule has 5 nitrogen and oxygen atoms in total. The number of benzene rings is 1. The monoisotopic (exact) mass is 348 g/mol. The quantitative estimate of drug-likeness (QED) is 0.602. The number of halogens is 1. The topological polar surface area (TPSA) is 72.6 Å². The maximum Gasteiger partial charge on any atom is 0.245 e. The van der Waals surface area contributed by atoms with Crippen molar-refractivity contribution in [2.24, 2.45) is 0 Å². The van der Waals surface area contributed by atoms with Gasteiger partial charge in [0.25, 0.3) is 0 Å². The highest BCUT2D eigenvalue weighted by molar-refractivity contribution is 9.10. The average Bonchev–Trinajstić information content (AvgIpc) is 2.33. The van der Waals surface area contributed by atoms with Crippen molar-refractivity contribution in [3.05, 3.63) is 35.3 Å². The lowest BCUT2D eigenvalue weighted by Crippen LogP contribution is -2.34. The minimum absolute atomic E-state index is 0.0913. The molecule has 1 rings (SSSR count). The van der Waals surface area contributed by atoms with Gasteiger partial charge < -0.3 is 10.5 Å². The summed E-state index contributed by atoms with van der Waals surface area (Å²) in [6.07, 6.45) is 1.53. The van der Waals surface area contributed by atoms with Crippen molar-refractivity contribution in [2.75, 3.05) is 32.5 Å². The van der Waals surface area contributed by atoms with Crippen molar-refractivity contribution < 1.29 is 13.2 Å². The molecule has 0 fully saturated rings. The van der Waals surface area contributed by atoms with Gasteiger partial charge in [-0.05, 0) is 18.2 Å². The Labute approximate surface area is 122 Å². The molecular formula is C12H17BrN2O3S. The molecule has 0 aromatic heterocycles. The molecular weight excluding hydrogens is 332 g/mol. The van der Waals surface area contributed by atoms with E-state index in [0.29, 0.717) is 6.61 Å². The van der Waals surface area contributed by atoms with Gasteiger partial charge in [-0.25, -0.2) is 8.42 Å². The lowest BCUT2D eigenvalue weighted by Gasteiger charge is -2.21. The van der Waals surface area contributed by atoms with Crippen LogP contribution < -0.4 is 5.73 Å². The van der Waals surface area contributed by atoms with E-state index in [0.717, 1.165) is 4.47 Å². The molecule has 0 saturated carbocycles. The third-order valence-corrected chi connectivity index (χ3v) is 4.90. The van der Waals surface area contributed by atoms with E-state index in [1.807, 2.05) is 0 Å². The number of sulfonamides is 1. The van der Waals surface area contributed by atoms with Gasteiger partial charge in [0.15, 0.2) is 0 Å². The first-order valence-corrected chi connectivity index (χ1v) is 7.81. The smallest absolute Gasteiger partial charge is 0.245 e. The predicted octanol–water partition coefficient (Wildman–Crippen LogP) is 1.85. The molecule has 0 spiro atoms. The summed E-state index contributed by atoms with van der Waals surface area (Å²) in [6.45, 7) is 4.34. The van der Waals surface area contributed by atoms with Crippen LogP contribution in [0.15, 0.2) is 40.2 Å². The Kier molecular flexibility index (Phi) is 5.99. The molecule has 0 aliphatic rings. The van der Waals surface area contributed by atoms with Gasteiger partial charge in [0.05, 0.1) is 12.3 Å². The van der Waals surface area contributed by atoms with Crippen LogP contribution in [0.5, 0.6) is 0 Å². The minimum atomic E-state index is -3.65. The van der Waals surface area contributed by atoms with Gasteiger partial charge in [0.2, 0.25) is 10.0 Å². The first kappa shape index (κ1) is 16.2. The Balaban J connectivity index is 3.14. The second-order valence-electron chi connectivity index (χ2n) is 3.83. The molecule has 0 radical (unpaired) electrons. The maximum absolute atomic E-state index is 12.5. The number of nitrogens with two attached hydrogens (primary N) is 1. The molecule has 0 unspecified atom stereocenters. The van der Waals surface area contributed by atoms with E-state index in [4.69, 9.17) is 10.5 Å². The lowest BCUT2D eigenvalue weighted by molar-refractivity contribution is 0.182. The molecule has 0 heterocycles. The zero-order valence-corrected chi connectivity index (χ0v) is 13.1. The van der Waals surface area contributed by atoms with E-state index in [-0.39, 0.29) is 23.7 Å². The summed E-state index contributed by atoms with van der Waals surface area (Å²) in [7, 11) is -2.13. The Morgan fingerprint density at radius 2 is 2.21 bits per heavy atom. The van der Waals surface area contributed by atoms with Crippen molar-refractivity contribution in [3.8, 4) is 0 Å². The highest BCUT2D eigenvalue weighted by atomic mass is 79.9. The number of ether oxygens (including phenoxy) is 1. The number of nitrogen functional groups attached to an aromatic ring is 1. The molecule has 19 heavy (non-hydrogen) atoms. The van der Waals surface area contributed by atoms with Crippen LogP contribution in [0.25, 0.3) is 0 Å². The average molecular weight is 349 g/mol. The number of methoxy groups -OCH3 is 1. The fourth-order valence-electron chi connectivity index (χ4n) is 1.54. The number of rotatable bonds is 7. The molecule has 106 valence electrons. The molecule has 0 aliphatic carbocycles. The molecule has 0 aliphatic heterocycles. The van der Waals surface area contributed by atoms with Crippen LogP contribution in [-0.4, -0.2) is 39.5 Å². The summed E-state index contributed by atoms with van der Waals surface area (Å²) in [5, 5.41) is 0. The van der Waals surface area contributed by atoms with Crippen LogP contribution in [0, 0.1) is 0 Å². The standard InChI is InChI=1S/C12H17BrN2O3S/c1-3-6-15(7-8-18-2)19(16,17)12-5-4-10(13)9-11(12)14/h3-5,9H,1,6-8,14H2,2H3. The van der Waals surface area contributed by atoms with Gasteiger partial charge in [-0.3, -0.25) is 0 Å². The van der Waals surface area contributed by atoms with Crippen LogP contribution in [0.1, 0.15) is 0 Å². The summed E-state index contributed by atoms with van der Waals surface area (Å²) in [6, 6.07) is 4.69. The largest absolute Gasteiger partial charge is 0.398 e. The van der Waals surface area contributed by atoms with Crippen LogP contribution in [-0.2, 0) is 14.8 Å². The fraction of sp³-hybridized carbons (Fsp3) is 0.333. The highest BCUT2D eigenvalue weighted by Gasteiger charge is 2.25. The zero-order chi connectivity index (χ0) is 14.5. The van der Waals surface area contributed by atoms with E-state index in [1.54, 1.807) is 12.1 Å². The number of hydrogen-bond acceptors (Lipinski definition) is 4. The van der Waals surface area contributed by atoms with Crippen molar-refractivity contribution in [3.63, 3.8) is 0 Å². The van der Waals surface area contributed by atoms with Gasteiger partial charge in [0, 0.05) is 24.7 Å². The Hall–Kier alpha value is -0.890. The Morgan fingerprint density at radius 3 is 2.74 bits per heavy atom. The molecule has 0 saturated heterocycles. The zero-order valence-electron chi connectivity index (χ0n) is 10.7. The van der Waals surface area contributed by atoms with E-state index >= 15 is 0 Å². The van der Waals surface area contributed by atoms with Crippen molar-refractivity contribution in [1.82, 2.24) is 4.31 Å². The normalized spacial score (nSPS) is 11.7. The predicted molar refractivity (Wildman–Crippen MR) is 79.4 cm³/mol. The van der Waals surface area contributed by atoms with Crippen LogP contribution in [0.4, 0.5) is 5.69 Å². The molecule has 0 amide bonds. The second kappa shape index (κ2) is 7.04. The summed E-state index contributed by atoms with van der Waals surface area (Å²) < 4.78 is 31.9. The van der Waals surface area contributed by atoms with Crippen LogP contribution >= 0.6 is 15.9 Å². The van der Waals surface area contributed by atoms with Crippen molar-refractivity contribution in [1.29, 1.82) is 0 Å². The second-order valence-corrected chi connectivity index (χ2v) is 6.65. The van der Waals surface area contributed by atoms with Gasteiger partial charge in [0.1, 0.15) is 4.90 Å². The minimum Gasteiger partial charge on any atom is -0.398 e. The summed E-state index contributed by atoms with van der Waals surface area (Å²) in [5.74, 6) is 0. The molecule has 0 atom stereocenters. The van der Waals surface area contributed by atoms with E-state index < -0.39 is 10.0 Å². The van der Waals surface area contributed by atoms with E-state index in [1.165, 1.54) is 23.6 Å². The molecule has 1 aromatic carbocycles. The highest BCUT2D eigenvalue weighted by Crippen LogP contribution is 2.25. The first-order chi connectivity index (χ1) is 8.93. The summed E-state index contributed by atoms with van der Waals surface area (Å²) in [5.41, 5.74) is 5.99. The van der Waals surface area contributed by atoms with E-state index in [2.05, 4.69) is 22.5 Å². The summed E-state index contributed by atoms with van der Waals surface area (Å²) in [4.78, 5) is 0.0913. The SMILES string of the molecule is C=CCN(CCOC)S(=O)(=O)c1ccc(Br)cc1N. The Morgan fingerprint density at radius 1 is 1.53 bits per heavy atom. The fourth-order valence-corrected chi connectivity index (χ4v) is 3.41. The molecule has 0 bridgehead atoms. The van der Waals surface area contributed by atoms with Gasteiger partial charge in [-0.15, -0.1) is 6.58 Å². The third-order valence-electron chi connectivity index (χ3n) is 2.47. The lowest BCUT2D eigenvalue weighted by atomic mass is 10.3. The molecule has 2 N–H and O–H groups in total. The number of nitrogens with zero attached hydrogens (tertiary/aromatic N) is 1. The van der Waals surface area contributed by atoms with E-state index in [9.17, 15) is 8.42 Å². The van der Waals surface area contributed by atoms with Gasteiger partial charge >= 0.3 is 0 Å². The Bertz CT molecular complexity index is 546.